The summed E-state index contributed by atoms with van der Waals surface area (Å²) in [6.45, 7) is 2.03. The van der Waals surface area contributed by atoms with E-state index in [1.54, 1.807) is 7.05 Å². The van der Waals surface area contributed by atoms with Crippen molar-refractivity contribution >= 4 is 29.4 Å². The van der Waals surface area contributed by atoms with Crippen LogP contribution in [0.4, 0.5) is 25.1 Å². The highest BCUT2D eigenvalue weighted by molar-refractivity contribution is 6.03. The van der Waals surface area contributed by atoms with Crippen molar-refractivity contribution in [2.24, 2.45) is 11.0 Å². The van der Waals surface area contributed by atoms with Gasteiger partial charge in [-0.05, 0) is 60.7 Å². The summed E-state index contributed by atoms with van der Waals surface area (Å²) in [4.78, 5) is 51.3. The average molecular weight is 709 g/mol. The first-order valence-electron chi connectivity index (χ1n) is 15.8. The molecule has 0 spiro atoms. The highest BCUT2D eigenvalue weighted by Gasteiger charge is 2.29. The molecule has 17 nitrogen and oxygen atoms in total. The molecule has 4 aromatic rings. The lowest BCUT2D eigenvalue weighted by Crippen LogP contribution is -2.32. The Hall–Kier alpha value is -5.91. The van der Waals surface area contributed by atoms with Gasteiger partial charge in [0.1, 0.15) is 12.1 Å². The topological polar surface area (TPSA) is 214 Å². The van der Waals surface area contributed by atoms with Crippen molar-refractivity contribution in [2.45, 2.75) is 19.3 Å². The number of alkyl halides is 2. The van der Waals surface area contributed by atoms with E-state index in [4.69, 9.17) is 19.4 Å². The Morgan fingerprint density at radius 2 is 1.90 bits per heavy atom. The number of hydrogen-bond acceptors (Lipinski definition) is 10. The normalized spacial score (nSPS) is 12.4. The summed E-state index contributed by atoms with van der Waals surface area (Å²) in [5.74, 6) is -0.667. The molecule has 3 amide bonds. The Labute approximate surface area is 289 Å². The lowest BCUT2D eigenvalue weighted by atomic mass is 10.2. The van der Waals surface area contributed by atoms with Gasteiger partial charge in [0, 0.05) is 48.9 Å². The van der Waals surface area contributed by atoms with Crippen LogP contribution in [0.3, 0.4) is 0 Å². The number of amides is 3. The summed E-state index contributed by atoms with van der Waals surface area (Å²) in [5.41, 5.74) is 8.14. The molecule has 0 saturated heterocycles. The molecule has 0 unspecified atom stereocenters. The van der Waals surface area contributed by atoms with Gasteiger partial charge in [-0.2, -0.15) is 5.10 Å². The van der Waals surface area contributed by atoms with Gasteiger partial charge in [-0.25, -0.2) is 28.2 Å². The van der Waals surface area contributed by atoms with Gasteiger partial charge in [-0.15, -0.1) is 0 Å². The van der Waals surface area contributed by atoms with Crippen LogP contribution in [0.2, 0.25) is 0 Å². The first-order chi connectivity index (χ1) is 24.6. The minimum absolute atomic E-state index is 0.00289. The van der Waals surface area contributed by atoms with Gasteiger partial charge in [-0.3, -0.25) is 14.5 Å². The molecular weight excluding hydrogens is 674 g/mol. The third kappa shape index (κ3) is 9.84. The molecule has 1 aromatic carbocycles. The van der Waals surface area contributed by atoms with Crippen LogP contribution in [0.5, 0.6) is 0 Å². The SMILES string of the molecule is CN(CCOCCOCCN=[N+]=[N-])C(=O)c1ccc(-n2cc(NC(=O)c3coc(-c4ccnc(N(CC5CC5)C(=O)O)c4)n3)c(C(F)F)n2)cc1. The quantitative estimate of drug-likeness (QED) is 0.0579. The zero-order valence-electron chi connectivity index (χ0n) is 27.4. The molecule has 268 valence electrons. The van der Waals surface area contributed by atoms with Crippen LogP contribution in [0, 0.1) is 5.92 Å². The minimum Gasteiger partial charge on any atom is -0.465 e. The smallest absolute Gasteiger partial charge is 0.413 e. The van der Waals surface area contributed by atoms with Crippen LogP contribution in [-0.4, -0.2) is 101 Å². The second kappa shape index (κ2) is 17.1. The summed E-state index contributed by atoms with van der Waals surface area (Å²) in [7, 11) is 1.61. The van der Waals surface area contributed by atoms with E-state index in [-0.39, 0.29) is 54.7 Å². The van der Waals surface area contributed by atoms with E-state index in [0.717, 1.165) is 28.7 Å². The van der Waals surface area contributed by atoms with Crippen LogP contribution >= 0.6 is 0 Å². The highest BCUT2D eigenvalue weighted by atomic mass is 19.3. The third-order valence-corrected chi connectivity index (χ3v) is 7.64. The highest BCUT2D eigenvalue weighted by Crippen LogP contribution is 2.32. The van der Waals surface area contributed by atoms with Gasteiger partial charge in [0.25, 0.3) is 18.2 Å². The van der Waals surface area contributed by atoms with Gasteiger partial charge < -0.3 is 29.2 Å². The first kappa shape index (κ1) is 36.4. The largest absolute Gasteiger partial charge is 0.465 e. The zero-order chi connectivity index (χ0) is 36.3. The van der Waals surface area contributed by atoms with Crippen molar-refractivity contribution in [3.8, 4) is 17.1 Å². The van der Waals surface area contributed by atoms with E-state index >= 15 is 0 Å². The van der Waals surface area contributed by atoms with Crippen molar-refractivity contribution in [1.29, 1.82) is 0 Å². The maximum atomic E-state index is 14.0. The molecule has 1 aliphatic rings. The fourth-order valence-corrected chi connectivity index (χ4v) is 4.75. The van der Waals surface area contributed by atoms with Crippen molar-refractivity contribution in [3.63, 3.8) is 0 Å². The number of nitrogens with zero attached hydrogens (tertiary/aromatic N) is 9. The van der Waals surface area contributed by atoms with E-state index < -0.39 is 24.1 Å². The van der Waals surface area contributed by atoms with Gasteiger partial charge in [0.05, 0.1) is 44.0 Å². The number of aromatic nitrogens is 4. The molecule has 3 aromatic heterocycles. The van der Waals surface area contributed by atoms with Crippen LogP contribution in [0.1, 0.15) is 45.8 Å². The van der Waals surface area contributed by atoms with E-state index in [1.807, 2.05) is 0 Å². The number of rotatable bonds is 18. The molecule has 0 bridgehead atoms. The summed E-state index contributed by atoms with van der Waals surface area (Å²) in [5, 5.41) is 19.3. The van der Waals surface area contributed by atoms with E-state index in [0.29, 0.717) is 43.1 Å². The predicted octanol–water partition coefficient (Wildman–Crippen LogP) is 5.42. The molecule has 1 aliphatic carbocycles. The second-order valence-electron chi connectivity index (χ2n) is 11.4. The minimum atomic E-state index is -3.03. The number of pyridine rings is 1. The summed E-state index contributed by atoms with van der Waals surface area (Å²) < 4.78 is 45.3. The number of benzene rings is 1. The fraction of sp³-hybridized carbons (Fsp3) is 0.375. The molecule has 0 aliphatic heterocycles. The van der Waals surface area contributed by atoms with Gasteiger partial charge >= 0.3 is 6.09 Å². The number of halogens is 2. The van der Waals surface area contributed by atoms with Crippen LogP contribution < -0.4 is 10.2 Å². The molecular formula is C32H34F2N10O7. The monoisotopic (exact) mass is 708 g/mol. The van der Waals surface area contributed by atoms with Gasteiger partial charge in [-0.1, -0.05) is 5.11 Å². The van der Waals surface area contributed by atoms with Crippen molar-refractivity contribution in [2.75, 3.05) is 63.3 Å². The Balaban J connectivity index is 1.19. The number of ether oxygens (including phenoxy) is 2. The molecule has 51 heavy (non-hydrogen) atoms. The number of anilines is 2. The van der Waals surface area contributed by atoms with Gasteiger partial charge in [0.15, 0.2) is 11.4 Å². The number of likely N-dealkylation sites (N-methyl/N-ethyl adjacent to an activating group) is 1. The first-order valence-corrected chi connectivity index (χ1v) is 15.8. The number of hydrogen-bond donors (Lipinski definition) is 2. The standard InChI is InChI=1S/C32H34F2N10O7/c1-42(11-13-50-15-14-49-12-10-37-41-35)31(46)21-4-6-23(7-5-21)44-18-24(27(40-44)28(33)34)38-29(45)25-19-51-30(39-25)22-8-9-36-26(16-22)43(32(47)48)17-20-2-3-20/h4-9,16,18-20,28H,2-3,10-15,17H2,1H3,(H,38,45)(H,47,48). The molecule has 5 rings (SSSR count). The van der Waals surface area contributed by atoms with Crippen molar-refractivity contribution in [3.05, 3.63) is 82.4 Å². The van der Waals surface area contributed by atoms with Gasteiger partial charge in [0.2, 0.25) is 5.89 Å². The van der Waals surface area contributed by atoms with Crippen LogP contribution in [0.25, 0.3) is 27.6 Å². The number of azide groups is 1. The average Bonchev–Trinajstić information content (AvgIpc) is 3.63. The Morgan fingerprint density at radius 1 is 1.16 bits per heavy atom. The molecule has 1 fully saturated rings. The number of carbonyl (C=O) groups is 3. The van der Waals surface area contributed by atoms with E-state index in [2.05, 4.69) is 30.4 Å². The van der Waals surface area contributed by atoms with E-state index in [9.17, 15) is 28.3 Å². The number of carbonyl (C=O) groups excluding carboxylic acids is 2. The molecule has 3 heterocycles. The van der Waals surface area contributed by atoms with Crippen molar-refractivity contribution < 1.29 is 42.2 Å². The maximum Gasteiger partial charge on any atom is 0.413 e. The molecule has 0 radical (unpaired) electrons. The van der Waals surface area contributed by atoms with Crippen LogP contribution in [-0.2, 0) is 9.47 Å². The lowest BCUT2D eigenvalue weighted by Gasteiger charge is -2.18. The van der Waals surface area contributed by atoms with E-state index in [1.165, 1.54) is 53.7 Å². The Kier molecular flexibility index (Phi) is 12.2. The summed E-state index contributed by atoms with van der Waals surface area (Å²) in [6, 6.07) is 9.13. The zero-order valence-corrected chi connectivity index (χ0v) is 27.4. The summed E-state index contributed by atoms with van der Waals surface area (Å²) in [6.07, 6.45) is 1.38. The number of oxazole rings is 1. The fourth-order valence-electron chi connectivity index (χ4n) is 4.75. The second-order valence-corrected chi connectivity index (χ2v) is 11.4. The number of nitrogens with one attached hydrogen (secondary N) is 1. The maximum absolute atomic E-state index is 14.0. The molecule has 2 N–H and O–H groups in total. The molecule has 1 saturated carbocycles. The summed E-state index contributed by atoms with van der Waals surface area (Å²) >= 11 is 0. The lowest BCUT2D eigenvalue weighted by molar-refractivity contribution is 0.0409. The Bertz CT molecular complexity index is 1870. The Morgan fingerprint density at radius 3 is 2.59 bits per heavy atom. The van der Waals surface area contributed by atoms with Crippen molar-refractivity contribution in [1.82, 2.24) is 24.6 Å². The predicted molar refractivity (Wildman–Crippen MR) is 177 cm³/mol. The number of carboxylic acid groups (broad SMARTS) is 1. The molecule has 19 heteroatoms. The molecule has 0 atom stereocenters. The third-order valence-electron chi connectivity index (χ3n) is 7.64. The van der Waals surface area contributed by atoms with Crippen LogP contribution in [0.15, 0.2) is 64.6 Å².